The molecule has 1 amide bonds. The molecule has 12 heteroatoms. The normalized spacial score (nSPS) is 16.2. The van der Waals surface area contributed by atoms with Gasteiger partial charge in [0.15, 0.2) is 6.10 Å². The van der Waals surface area contributed by atoms with Gasteiger partial charge in [-0.15, -0.1) is 0 Å². The molecule has 1 aliphatic carbocycles. The van der Waals surface area contributed by atoms with Gasteiger partial charge in [-0.2, -0.15) is 26.3 Å². The molecule has 0 aliphatic heterocycles. The van der Waals surface area contributed by atoms with Gasteiger partial charge in [0.05, 0.1) is 11.6 Å². The highest BCUT2D eigenvalue weighted by Crippen LogP contribution is 2.37. The topological polar surface area (TPSA) is 102 Å². The van der Waals surface area contributed by atoms with Crippen LogP contribution in [0.4, 0.5) is 26.3 Å². The molecule has 2 atom stereocenters. The van der Waals surface area contributed by atoms with Crippen LogP contribution in [0.5, 0.6) is 0 Å². The van der Waals surface area contributed by atoms with Crippen LogP contribution in [0, 0.1) is 0 Å². The number of aryl methyl sites for hydroxylation is 1. The first-order valence-electron chi connectivity index (χ1n) is 9.90. The average Bonchev–Trinajstić information content (AvgIpc) is 3.15. The first kappa shape index (κ1) is 27.1. The van der Waals surface area contributed by atoms with E-state index in [1.54, 1.807) is 0 Å². The Labute approximate surface area is 190 Å². The molecule has 0 saturated heterocycles. The molecule has 3 rings (SSSR count). The number of hydrogen-bond donors (Lipinski definition) is 3. The summed E-state index contributed by atoms with van der Waals surface area (Å²) in [6, 6.07) is 10.5. The van der Waals surface area contributed by atoms with E-state index in [9.17, 15) is 31.1 Å². The molecule has 0 spiro atoms. The highest BCUT2D eigenvalue weighted by Gasteiger charge is 2.39. The number of benzene rings is 2. The number of carboxylic acid groups (broad SMARTS) is 1. The molecule has 4 N–H and O–H groups in total. The second-order valence-electron chi connectivity index (χ2n) is 7.34. The molecule has 6 nitrogen and oxygen atoms in total. The first-order valence-corrected chi connectivity index (χ1v) is 9.90. The summed E-state index contributed by atoms with van der Waals surface area (Å²) >= 11 is 0. The fraction of sp³-hybridized carbons (Fsp3) is 0.364. The van der Waals surface area contributed by atoms with Gasteiger partial charge in [-0.1, -0.05) is 36.4 Å². The molecule has 0 radical (unpaired) electrons. The van der Waals surface area contributed by atoms with Crippen LogP contribution in [-0.4, -0.2) is 30.3 Å². The lowest BCUT2D eigenvalue weighted by Crippen LogP contribution is -2.33. The van der Waals surface area contributed by atoms with E-state index >= 15 is 0 Å². The van der Waals surface area contributed by atoms with Crippen molar-refractivity contribution in [1.82, 2.24) is 5.32 Å². The number of hydrogen-bond acceptors (Lipinski definition) is 4. The minimum Gasteiger partial charge on any atom is -0.475 e. The summed E-state index contributed by atoms with van der Waals surface area (Å²) < 4.78 is 76.7. The van der Waals surface area contributed by atoms with Crippen LogP contribution in [0.1, 0.15) is 46.4 Å². The van der Waals surface area contributed by atoms with Crippen molar-refractivity contribution >= 4 is 11.9 Å². The fourth-order valence-electron chi connectivity index (χ4n) is 3.55. The van der Waals surface area contributed by atoms with E-state index in [-0.39, 0.29) is 11.6 Å². The second-order valence-corrected chi connectivity index (χ2v) is 7.34. The van der Waals surface area contributed by atoms with Crippen molar-refractivity contribution < 1.29 is 45.8 Å². The quantitative estimate of drug-likeness (QED) is 0.541. The summed E-state index contributed by atoms with van der Waals surface area (Å²) in [4.78, 5) is 21.6. The highest BCUT2D eigenvalue weighted by atomic mass is 19.4. The van der Waals surface area contributed by atoms with Crippen molar-refractivity contribution in [3.63, 3.8) is 0 Å². The maximum Gasteiger partial charge on any atom is 0.490 e. The molecule has 2 unspecified atom stereocenters. The van der Waals surface area contributed by atoms with Crippen LogP contribution in [0.25, 0.3) is 0 Å². The number of halogens is 6. The zero-order chi connectivity index (χ0) is 25.7. The summed E-state index contributed by atoms with van der Waals surface area (Å²) in [5.41, 5.74) is 7.68. The van der Waals surface area contributed by atoms with Gasteiger partial charge in [-0.05, 0) is 35.6 Å². The van der Waals surface area contributed by atoms with Gasteiger partial charge in [0.2, 0.25) is 0 Å². The van der Waals surface area contributed by atoms with E-state index in [0.717, 1.165) is 29.2 Å². The van der Waals surface area contributed by atoms with Gasteiger partial charge >= 0.3 is 18.3 Å². The molecular weight excluding hydrogens is 470 g/mol. The number of methoxy groups -OCH3 is 1. The lowest BCUT2D eigenvalue weighted by atomic mass is 10.00. The van der Waals surface area contributed by atoms with Crippen molar-refractivity contribution in [2.75, 3.05) is 7.11 Å². The highest BCUT2D eigenvalue weighted by molar-refractivity contribution is 5.83. The van der Waals surface area contributed by atoms with Gasteiger partial charge in [0.25, 0.3) is 5.91 Å². The molecular formula is C22H22F6N2O4. The van der Waals surface area contributed by atoms with Crippen molar-refractivity contribution in [3.05, 3.63) is 70.3 Å². The van der Waals surface area contributed by atoms with Crippen LogP contribution < -0.4 is 11.1 Å². The number of rotatable bonds is 5. The van der Waals surface area contributed by atoms with Crippen LogP contribution in [-0.2, 0) is 33.5 Å². The van der Waals surface area contributed by atoms with E-state index in [4.69, 9.17) is 20.4 Å². The number of aliphatic carboxylic acids is 1. The van der Waals surface area contributed by atoms with E-state index in [0.29, 0.717) is 13.0 Å². The predicted octanol–water partition coefficient (Wildman–Crippen LogP) is 4.29. The zero-order valence-corrected chi connectivity index (χ0v) is 17.8. The summed E-state index contributed by atoms with van der Waals surface area (Å²) in [5.74, 6) is -3.34. The fourth-order valence-corrected chi connectivity index (χ4v) is 3.55. The standard InChI is InChI=1S/C20H21F3N2O2.C2HF3O2/c1-27-18(15-4-2-3-5-16(15)20(21,22)23)19(26)25-17-9-7-13-10-12(11-24)6-8-14(13)17;3-2(4,5)1(6)7/h2-6,8,10,17-18H,7,9,11,24H2,1H3,(H,25,26);(H,6,7). The second kappa shape index (κ2) is 10.9. The number of ether oxygens (including phenoxy) is 1. The van der Waals surface area contributed by atoms with Crippen molar-refractivity contribution in [1.29, 1.82) is 0 Å². The third-order valence-corrected chi connectivity index (χ3v) is 5.10. The Balaban J connectivity index is 0.000000509. The third-order valence-electron chi connectivity index (χ3n) is 5.10. The molecule has 0 bridgehead atoms. The molecule has 0 saturated carbocycles. The van der Waals surface area contributed by atoms with Crippen LogP contribution >= 0.6 is 0 Å². The smallest absolute Gasteiger partial charge is 0.475 e. The minimum absolute atomic E-state index is 0.193. The number of amides is 1. The Bertz CT molecular complexity index is 1020. The average molecular weight is 492 g/mol. The van der Waals surface area contributed by atoms with Gasteiger partial charge in [0.1, 0.15) is 0 Å². The Morgan fingerprint density at radius 1 is 1.15 bits per heavy atom. The number of carboxylic acids is 1. The van der Waals surface area contributed by atoms with Gasteiger partial charge in [0, 0.05) is 19.2 Å². The van der Waals surface area contributed by atoms with Crippen molar-refractivity contribution in [2.24, 2.45) is 5.73 Å². The number of alkyl halides is 6. The summed E-state index contributed by atoms with van der Waals surface area (Å²) in [5, 5.41) is 9.96. The SMILES string of the molecule is COC(C(=O)NC1CCc2cc(CN)ccc21)c1ccccc1C(F)(F)F.O=C(O)C(F)(F)F. The third kappa shape index (κ3) is 6.70. The minimum atomic E-state index is -5.08. The van der Waals surface area contributed by atoms with E-state index in [2.05, 4.69) is 5.32 Å². The number of carbonyl (C=O) groups excluding carboxylic acids is 1. The number of nitrogens with one attached hydrogen (secondary N) is 1. The Kier molecular flexibility index (Phi) is 8.67. The molecule has 0 aromatic heterocycles. The van der Waals surface area contributed by atoms with Crippen LogP contribution in [0.2, 0.25) is 0 Å². The Morgan fingerprint density at radius 2 is 1.76 bits per heavy atom. The van der Waals surface area contributed by atoms with Crippen LogP contribution in [0.3, 0.4) is 0 Å². The molecule has 1 aliphatic rings. The van der Waals surface area contributed by atoms with E-state index in [1.807, 2.05) is 18.2 Å². The van der Waals surface area contributed by atoms with Gasteiger partial charge in [-0.3, -0.25) is 4.79 Å². The summed E-state index contributed by atoms with van der Waals surface area (Å²) in [7, 11) is 1.23. The number of nitrogens with two attached hydrogens (primary N) is 1. The molecule has 186 valence electrons. The lowest BCUT2D eigenvalue weighted by Gasteiger charge is -2.22. The number of carbonyl (C=O) groups is 2. The number of fused-ring (bicyclic) bond motifs is 1. The molecule has 0 fully saturated rings. The van der Waals surface area contributed by atoms with Crippen molar-refractivity contribution in [3.8, 4) is 0 Å². The largest absolute Gasteiger partial charge is 0.490 e. The van der Waals surface area contributed by atoms with E-state index in [1.165, 1.54) is 25.3 Å². The maximum absolute atomic E-state index is 13.3. The Morgan fingerprint density at radius 3 is 2.29 bits per heavy atom. The van der Waals surface area contributed by atoms with Gasteiger partial charge in [-0.25, -0.2) is 4.79 Å². The Hall–Kier alpha value is -3.12. The molecule has 0 heterocycles. The van der Waals surface area contributed by atoms with Crippen LogP contribution in [0.15, 0.2) is 42.5 Å². The predicted molar refractivity (Wildman–Crippen MR) is 108 cm³/mol. The van der Waals surface area contributed by atoms with Gasteiger partial charge < -0.3 is 20.9 Å². The van der Waals surface area contributed by atoms with E-state index < -0.39 is 35.9 Å². The summed E-state index contributed by atoms with van der Waals surface area (Å²) in [6.45, 7) is 0.435. The molecule has 2 aromatic rings. The zero-order valence-electron chi connectivity index (χ0n) is 17.8. The maximum atomic E-state index is 13.3. The first-order chi connectivity index (χ1) is 15.8. The molecule has 34 heavy (non-hydrogen) atoms. The monoisotopic (exact) mass is 492 g/mol. The summed E-state index contributed by atoms with van der Waals surface area (Å²) in [6.07, 6.45) is -9.51. The lowest BCUT2D eigenvalue weighted by molar-refractivity contribution is -0.192. The van der Waals surface area contributed by atoms with Crippen molar-refractivity contribution in [2.45, 2.75) is 43.9 Å². The molecule has 2 aromatic carbocycles.